The Hall–Kier alpha value is -4.43. The summed E-state index contributed by atoms with van der Waals surface area (Å²) in [5.74, 6) is -2.33. The minimum absolute atomic E-state index is 0.139. The zero-order chi connectivity index (χ0) is 26.7. The lowest BCUT2D eigenvalue weighted by Crippen LogP contribution is -2.32. The van der Waals surface area contributed by atoms with Gasteiger partial charge in [0.05, 0.1) is 17.9 Å². The molecule has 0 saturated carbocycles. The second-order valence-electron chi connectivity index (χ2n) is 8.31. The van der Waals surface area contributed by atoms with E-state index in [-0.39, 0.29) is 34.5 Å². The summed E-state index contributed by atoms with van der Waals surface area (Å²) in [6.07, 6.45) is 0. The van der Waals surface area contributed by atoms with Crippen LogP contribution in [0.3, 0.4) is 0 Å². The molecule has 3 aromatic carbocycles. The molecule has 0 atom stereocenters. The lowest BCUT2D eigenvalue weighted by atomic mass is 10.1. The van der Waals surface area contributed by atoms with E-state index in [2.05, 4.69) is 10.6 Å². The topological polar surface area (TPSA) is 105 Å². The van der Waals surface area contributed by atoms with Crippen molar-refractivity contribution in [1.82, 2.24) is 0 Å². The minimum atomic E-state index is -0.737. The van der Waals surface area contributed by atoms with Crippen molar-refractivity contribution in [2.45, 2.75) is 20.8 Å². The number of anilines is 3. The van der Waals surface area contributed by atoms with Gasteiger partial charge in [-0.15, -0.1) is 0 Å². The van der Waals surface area contributed by atoms with Crippen molar-refractivity contribution in [1.29, 1.82) is 0 Å². The van der Waals surface area contributed by atoms with Crippen molar-refractivity contribution in [3.63, 3.8) is 0 Å². The van der Waals surface area contributed by atoms with Crippen LogP contribution in [0.1, 0.15) is 38.8 Å². The van der Waals surface area contributed by atoms with E-state index >= 15 is 0 Å². The van der Waals surface area contributed by atoms with E-state index in [1.807, 2.05) is 32.0 Å². The third-order valence-electron chi connectivity index (χ3n) is 5.89. The van der Waals surface area contributed by atoms with Crippen LogP contribution in [0.25, 0.3) is 0 Å². The van der Waals surface area contributed by atoms with Crippen molar-refractivity contribution in [3.8, 4) is 0 Å². The maximum absolute atomic E-state index is 13.2. The summed E-state index contributed by atoms with van der Waals surface area (Å²) in [5.41, 5.74) is 3.69. The summed E-state index contributed by atoms with van der Waals surface area (Å²) < 4.78 is 4.99. The highest BCUT2D eigenvalue weighted by Crippen LogP contribution is 2.31. The SMILES string of the molecule is CCOC(=O)c1cccc(N2C(=O)C(Cl)=C(Nc3cccc(C(=O)Nc4cccc(C)c4C)c3)C2=O)c1. The number of nitrogens with one attached hydrogen (secondary N) is 2. The molecule has 4 rings (SSSR count). The van der Waals surface area contributed by atoms with Gasteiger partial charge in [0.25, 0.3) is 17.7 Å². The van der Waals surface area contributed by atoms with E-state index in [1.165, 1.54) is 18.2 Å². The van der Waals surface area contributed by atoms with E-state index in [0.29, 0.717) is 16.9 Å². The monoisotopic (exact) mass is 517 g/mol. The Morgan fingerprint density at radius 2 is 1.62 bits per heavy atom. The third kappa shape index (κ3) is 5.24. The first kappa shape index (κ1) is 25.7. The molecule has 0 aromatic heterocycles. The van der Waals surface area contributed by atoms with Crippen LogP contribution in [-0.2, 0) is 14.3 Å². The molecule has 0 bridgehead atoms. The average Bonchev–Trinajstić information content (AvgIpc) is 3.10. The first-order chi connectivity index (χ1) is 17.7. The summed E-state index contributed by atoms with van der Waals surface area (Å²) in [4.78, 5) is 51.9. The van der Waals surface area contributed by atoms with Gasteiger partial charge >= 0.3 is 5.97 Å². The molecule has 2 N–H and O–H groups in total. The molecule has 0 unspecified atom stereocenters. The first-order valence-corrected chi connectivity index (χ1v) is 11.9. The lowest BCUT2D eigenvalue weighted by molar-refractivity contribution is -0.120. The molecular formula is C28H24ClN3O5. The van der Waals surface area contributed by atoms with Gasteiger partial charge in [0.1, 0.15) is 10.7 Å². The van der Waals surface area contributed by atoms with Crippen LogP contribution >= 0.6 is 11.6 Å². The number of benzene rings is 3. The number of carbonyl (C=O) groups is 4. The fourth-order valence-corrected chi connectivity index (χ4v) is 4.01. The van der Waals surface area contributed by atoms with Gasteiger partial charge in [0.15, 0.2) is 0 Å². The Labute approximate surface area is 218 Å². The Morgan fingerprint density at radius 3 is 2.38 bits per heavy atom. The molecule has 0 saturated heterocycles. The lowest BCUT2D eigenvalue weighted by Gasteiger charge is -2.16. The van der Waals surface area contributed by atoms with Gasteiger partial charge in [-0.3, -0.25) is 14.4 Å². The molecule has 3 amide bonds. The van der Waals surface area contributed by atoms with E-state index in [1.54, 1.807) is 37.3 Å². The molecule has 1 heterocycles. The second-order valence-corrected chi connectivity index (χ2v) is 8.69. The van der Waals surface area contributed by atoms with Gasteiger partial charge in [-0.1, -0.05) is 35.9 Å². The molecular weight excluding hydrogens is 494 g/mol. The molecule has 1 aliphatic heterocycles. The first-order valence-electron chi connectivity index (χ1n) is 11.5. The molecule has 0 spiro atoms. The molecule has 3 aromatic rings. The van der Waals surface area contributed by atoms with Crippen LogP contribution in [0.2, 0.25) is 0 Å². The number of imide groups is 1. The Bertz CT molecular complexity index is 1460. The van der Waals surface area contributed by atoms with Gasteiger partial charge in [0, 0.05) is 16.9 Å². The third-order valence-corrected chi connectivity index (χ3v) is 6.24. The van der Waals surface area contributed by atoms with Crippen molar-refractivity contribution in [2.24, 2.45) is 0 Å². The van der Waals surface area contributed by atoms with Crippen LogP contribution < -0.4 is 15.5 Å². The highest BCUT2D eigenvalue weighted by molar-refractivity contribution is 6.53. The molecule has 8 nitrogen and oxygen atoms in total. The van der Waals surface area contributed by atoms with Gasteiger partial charge < -0.3 is 15.4 Å². The zero-order valence-corrected chi connectivity index (χ0v) is 21.2. The highest BCUT2D eigenvalue weighted by Gasteiger charge is 2.39. The minimum Gasteiger partial charge on any atom is -0.462 e. The van der Waals surface area contributed by atoms with Gasteiger partial charge in [-0.05, 0) is 74.4 Å². The maximum Gasteiger partial charge on any atom is 0.338 e. The predicted molar refractivity (Wildman–Crippen MR) is 142 cm³/mol. The van der Waals surface area contributed by atoms with Crippen molar-refractivity contribution >= 4 is 52.4 Å². The molecule has 0 fully saturated rings. The second kappa shape index (κ2) is 10.7. The van der Waals surface area contributed by atoms with Crippen LogP contribution in [0.4, 0.5) is 17.1 Å². The number of esters is 1. The zero-order valence-electron chi connectivity index (χ0n) is 20.4. The van der Waals surface area contributed by atoms with Crippen molar-refractivity contribution in [3.05, 3.63) is 99.7 Å². The number of carbonyl (C=O) groups excluding carboxylic acids is 4. The van der Waals surface area contributed by atoms with Crippen molar-refractivity contribution < 1.29 is 23.9 Å². The Balaban J connectivity index is 1.54. The van der Waals surface area contributed by atoms with Gasteiger partial charge in [-0.25, -0.2) is 9.69 Å². The molecule has 188 valence electrons. The number of ether oxygens (including phenoxy) is 1. The van der Waals surface area contributed by atoms with Crippen molar-refractivity contribution in [2.75, 3.05) is 22.1 Å². The summed E-state index contributed by atoms with van der Waals surface area (Å²) in [7, 11) is 0. The predicted octanol–water partition coefficient (Wildman–Crippen LogP) is 5.17. The van der Waals surface area contributed by atoms with E-state index < -0.39 is 17.8 Å². The Kier molecular flexibility index (Phi) is 7.40. The standard InChI is InChI=1S/C28H24ClN3O5/c1-4-37-28(36)19-10-7-12-21(15-19)32-26(34)23(29)24(27(32)35)30-20-11-6-9-18(14-20)25(33)31-22-13-5-8-16(2)17(22)3/h5-15,30H,4H2,1-3H3,(H,31,33). The Morgan fingerprint density at radius 1 is 0.919 bits per heavy atom. The summed E-state index contributed by atoms with van der Waals surface area (Å²) in [5, 5.41) is 5.46. The maximum atomic E-state index is 13.2. The molecule has 0 aliphatic carbocycles. The molecule has 0 radical (unpaired) electrons. The molecule has 9 heteroatoms. The number of nitrogens with zero attached hydrogens (tertiary/aromatic N) is 1. The van der Waals surface area contributed by atoms with E-state index in [4.69, 9.17) is 16.3 Å². The van der Waals surface area contributed by atoms with Gasteiger partial charge in [-0.2, -0.15) is 0 Å². The smallest absolute Gasteiger partial charge is 0.338 e. The number of amides is 3. The largest absolute Gasteiger partial charge is 0.462 e. The quantitative estimate of drug-likeness (QED) is 0.331. The number of aryl methyl sites for hydroxylation is 1. The van der Waals surface area contributed by atoms with E-state index in [9.17, 15) is 19.2 Å². The fraction of sp³-hybridized carbons (Fsp3) is 0.143. The van der Waals surface area contributed by atoms with Crippen LogP contribution in [0, 0.1) is 13.8 Å². The number of rotatable bonds is 7. The van der Waals surface area contributed by atoms with Gasteiger partial charge in [0.2, 0.25) is 0 Å². The summed E-state index contributed by atoms with van der Waals surface area (Å²) in [6, 6.07) is 18.1. The normalized spacial score (nSPS) is 13.1. The summed E-state index contributed by atoms with van der Waals surface area (Å²) in [6.45, 7) is 5.75. The highest BCUT2D eigenvalue weighted by atomic mass is 35.5. The number of hydrogen-bond acceptors (Lipinski definition) is 6. The fourth-order valence-electron chi connectivity index (χ4n) is 3.80. The molecule has 37 heavy (non-hydrogen) atoms. The number of halogens is 1. The van der Waals surface area contributed by atoms with Crippen LogP contribution in [0.5, 0.6) is 0 Å². The number of hydrogen-bond donors (Lipinski definition) is 2. The average molecular weight is 518 g/mol. The van der Waals surface area contributed by atoms with Crippen LogP contribution in [0.15, 0.2) is 77.5 Å². The summed E-state index contributed by atoms with van der Waals surface area (Å²) >= 11 is 6.25. The van der Waals surface area contributed by atoms with Crippen LogP contribution in [-0.4, -0.2) is 30.3 Å². The molecule has 1 aliphatic rings. The van der Waals surface area contributed by atoms with E-state index in [0.717, 1.165) is 16.0 Å².